The van der Waals surface area contributed by atoms with Gasteiger partial charge in [-0.3, -0.25) is 0 Å². The minimum atomic E-state index is -1.03. The van der Waals surface area contributed by atoms with E-state index < -0.39 is 30.0 Å². The smallest absolute Gasteiger partial charge is 0.461 e. The normalized spacial score (nSPS) is 20.8. The van der Waals surface area contributed by atoms with Crippen molar-refractivity contribution in [3.05, 3.63) is 47.7 Å². The highest BCUT2D eigenvalue weighted by Crippen LogP contribution is 2.38. The fourth-order valence-corrected chi connectivity index (χ4v) is 2.22. The molecule has 2 rings (SSSR count). The molecule has 0 aliphatic carbocycles. The highest BCUT2D eigenvalue weighted by Gasteiger charge is 2.53. The average Bonchev–Trinajstić information content (AvgIpc) is 2.74. The van der Waals surface area contributed by atoms with Crippen molar-refractivity contribution in [1.82, 2.24) is 0 Å². The number of hydrogen-bond donors (Lipinski definition) is 0. The van der Waals surface area contributed by atoms with Crippen LogP contribution in [0.15, 0.2) is 42.1 Å². The van der Waals surface area contributed by atoms with Gasteiger partial charge in [-0.05, 0) is 39.8 Å². The van der Waals surface area contributed by atoms with E-state index in [2.05, 4.69) is 0 Å². The summed E-state index contributed by atoms with van der Waals surface area (Å²) in [6, 6.07) is 8.69. The molecule has 1 aromatic rings. The molecule has 0 amide bonds. The molecule has 1 saturated heterocycles. The largest absolute Gasteiger partial charge is 0.524 e. The lowest BCUT2D eigenvalue weighted by atomic mass is 9.86. The molecule has 24 heavy (non-hydrogen) atoms. The second-order valence-electron chi connectivity index (χ2n) is 7.08. The van der Waals surface area contributed by atoms with Crippen LogP contribution < -0.4 is 0 Å². The van der Waals surface area contributed by atoms with E-state index in [4.69, 9.17) is 14.0 Å². The lowest BCUT2D eigenvalue weighted by molar-refractivity contribution is 0.00578. The lowest BCUT2D eigenvalue weighted by Crippen LogP contribution is -2.41. The second kappa shape index (κ2) is 7.07. The first-order chi connectivity index (χ1) is 11.1. The Balaban J connectivity index is 1.90. The van der Waals surface area contributed by atoms with E-state index in [1.165, 1.54) is 6.08 Å². The van der Waals surface area contributed by atoms with Crippen molar-refractivity contribution >= 4 is 13.1 Å². The van der Waals surface area contributed by atoms with Crippen LogP contribution in [0.1, 0.15) is 45.0 Å². The van der Waals surface area contributed by atoms with Gasteiger partial charge in [0.25, 0.3) is 0 Å². The first-order valence-corrected chi connectivity index (χ1v) is 8.07. The maximum atomic E-state index is 14.4. The highest BCUT2D eigenvalue weighted by atomic mass is 19.1. The molecule has 1 aromatic carbocycles. The number of carbonyl (C=O) groups is 1. The van der Waals surface area contributed by atoms with E-state index in [1.807, 2.05) is 33.8 Å². The molecule has 0 spiro atoms. The molecular weight excluding hydrogens is 310 g/mol. The molecule has 1 unspecified atom stereocenters. The minimum absolute atomic E-state index is 0.0840. The Labute approximate surface area is 143 Å². The van der Waals surface area contributed by atoms with E-state index in [0.717, 1.165) is 0 Å². The highest BCUT2D eigenvalue weighted by molar-refractivity contribution is 6.53. The first-order valence-electron chi connectivity index (χ1n) is 8.07. The van der Waals surface area contributed by atoms with Crippen molar-refractivity contribution in [3.63, 3.8) is 0 Å². The molecule has 1 aliphatic heterocycles. The summed E-state index contributed by atoms with van der Waals surface area (Å²) in [5.41, 5.74) is -1.21. The summed E-state index contributed by atoms with van der Waals surface area (Å²) in [7, 11) is -1.03. The Kier molecular flexibility index (Phi) is 5.50. The predicted octanol–water partition coefficient (Wildman–Crippen LogP) is 3.96. The summed E-state index contributed by atoms with van der Waals surface area (Å²) in [5, 5.41) is 0. The van der Waals surface area contributed by atoms with E-state index in [9.17, 15) is 9.18 Å². The maximum absolute atomic E-state index is 14.4. The van der Waals surface area contributed by atoms with E-state index >= 15 is 0 Å². The van der Waals surface area contributed by atoms with Crippen LogP contribution in [0.5, 0.6) is 0 Å². The van der Waals surface area contributed by atoms with Crippen molar-refractivity contribution in [3.8, 4) is 0 Å². The third kappa shape index (κ3) is 4.25. The van der Waals surface area contributed by atoms with Crippen LogP contribution >= 0.6 is 0 Å². The summed E-state index contributed by atoms with van der Waals surface area (Å²) in [6.07, 6.45) is 1.38. The zero-order valence-corrected chi connectivity index (χ0v) is 14.8. The molecule has 1 aliphatic rings. The van der Waals surface area contributed by atoms with Gasteiger partial charge >= 0.3 is 13.1 Å². The molecule has 6 heteroatoms. The fraction of sp³-hybridized carbons (Fsp3) is 0.500. The monoisotopic (exact) mass is 334 g/mol. The Morgan fingerprint density at radius 3 is 2.29 bits per heavy atom. The lowest BCUT2D eigenvalue weighted by Gasteiger charge is -2.32. The SMILES string of the molecule is CC(C=C(F)B1OC(C)(C)C(C)(C)O1)COC(=O)c1ccccc1. The topological polar surface area (TPSA) is 44.8 Å². The molecular formula is C18H24BFO4. The van der Waals surface area contributed by atoms with Crippen LogP contribution in [0.3, 0.4) is 0 Å². The molecule has 1 atom stereocenters. The molecule has 0 aromatic heterocycles. The standard InChI is InChI=1S/C18H24BFO4/c1-13(12-22-16(21)14-9-7-6-8-10-14)11-15(20)19-23-17(2,3)18(4,5)24-19/h6-11,13H,12H2,1-5H3. The number of benzene rings is 1. The van der Waals surface area contributed by atoms with Gasteiger partial charge in [0.05, 0.1) is 23.4 Å². The third-order valence-electron chi connectivity index (χ3n) is 4.41. The second-order valence-corrected chi connectivity index (χ2v) is 7.08. The predicted molar refractivity (Wildman–Crippen MR) is 91.2 cm³/mol. The average molecular weight is 334 g/mol. The van der Waals surface area contributed by atoms with Gasteiger partial charge in [-0.1, -0.05) is 31.2 Å². The molecule has 0 saturated carbocycles. The van der Waals surface area contributed by atoms with Gasteiger partial charge < -0.3 is 14.0 Å². The Hall–Kier alpha value is -1.66. The Bertz CT molecular complexity index is 597. The van der Waals surface area contributed by atoms with Crippen molar-refractivity contribution in [2.75, 3.05) is 6.61 Å². The van der Waals surface area contributed by atoms with Crippen molar-refractivity contribution in [1.29, 1.82) is 0 Å². The summed E-state index contributed by atoms with van der Waals surface area (Å²) >= 11 is 0. The number of halogens is 1. The van der Waals surface area contributed by atoms with Crippen LogP contribution in [0, 0.1) is 5.92 Å². The van der Waals surface area contributed by atoms with Crippen LogP contribution in [0.2, 0.25) is 0 Å². The minimum Gasteiger partial charge on any atom is -0.461 e. The number of carbonyl (C=O) groups excluding carboxylic acids is 1. The molecule has 4 nitrogen and oxygen atoms in total. The molecule has 0 N–H and O–H groups in total. The Morgan fingerprint density at radius 2 is 1.75 bits per heavy atom. The van der Waals surface area contributed by atoms with Crippen LogP contribution in [-0.2, 0) is 14.0 Å². The summed E-state index contributed by atoms with van der Waals surface area (Å²) in [5.74, 6) is -0.719. The van der Waals surface area contributed by atoms with Gasteiger partial charge in [0.15, 0.2) is 0 Å². The fourth-order valence-electron chi connectivity index (χ4n) is 2.22. The first kappa shape index (κ1) is 18.7. The number of rotatable bonds is 5. The van der Waals surface area contributed by atoms with Crippen molar-refractivity contribution < 1.29 is 23.2 Å². The summed E-state index contributed by atoms with van der Waals surface area (Å²) < 4.78 is 30.9. The van der Waals surface area contributed by atoms with E-state index in [0.29, 0.717) is 5.56 Å². The van der Waals surface area contributed by atoms with Gasteiger partial charge in [-0.2, -0.15) is 0 Å². The molecule has 130 valence electrons. The van der Waals surface area contributed by atoms with Crippen molar-refractivity contribution in [2.45, 2.75) is 45.8 Å². The van der Waals surface area contributed by atoms with Crippen molar-refractivity contribution in [2.24, 2.45) is 5.92 Å². The zero-order chi connectivity index (χ0) is 18.0. The van der Waals surface area contributed by atoms with E-state index in [-0.39, 0.29) is 12.5 Å². The van der Waals surface area contributed by atoms with Crippen LogP contribution in [-0.4, -0.2) is 30.9 Å². The van der Waals surface area contributed by atoms with Crippen LogP contribution in [0.4, 0.5) is 4.39 Å². The molecule has 1 heterocycles. The summed E-state index contributed by atoms with van der Waals surface area (Å²) in [6.45, 7) is 9.32. The quantitative estimate of drug-likeness (QED) is 0.604. The van der Waals surface area contributed by atoms with Gasteiger partial charge in [-0.25, -0.2) is 9.18 Å². The Morgan fingerprint density at radius 1 is 1.21 bits per heavy atom. The van der Waals surface area contributed by atoms with E-state index in [1.54, 1.807) is 31.2 Å². The number of esters is 1. The van der Waals surface area contributed by atoms with Gasteiger partial charge in [0.1, 0.15) is 5.73 Å². The molecule has 1 fully saturated rings. The third-order valence-corrected chi connectivity index (χ3v) is 4.41. The number of hydrogen-bond acceptors (Lipinski definition) is 4. The van der Waals surface area contributed by atoms with Crippen LogP contribution in [0.25, 0.3) is 0 Å². The van der Waals surface area contributed by atoms with Gasteiger partial charge in [-0.15, -0.1) is 0 Å². The van der Waals surface area contributed by atoms with Gasteiger partial charge in [0, 0.05) is 5.92 Å². The summed E-state index contributed by atoms with van der Waals surface area (Å²) in [4.78, 5) is 11.9. The molecule has 0 radical (unpaired) electrons. The number of ether oxygens (including phenoxy) is 1. The maximum Gasteiger partial charge on any atom is 0.524 e. The molecule has 0 bridgehead atoms. The zero-order valence-electron chi connectivity index (χ0n) is 14.8. The van der Waals surface area contributed by atoms with Gasteiger partial charge in [0.2, 0.25) is 0 Å².